The van der Waals surface area contributed by atoms with Crippen molar-refractivity contribution in [2.75, 3.05) is 31.0 Å². The fraction of sp³-hybridized carbons (Fsp3) is 0.391. The lowest BCUT2D eigenvalue weighted by Gasteiger charge is -2.33. The van der Waals surface area contributed by atoms with Crippen LogP contribution in [0.2, 0.25) is 0 Å². The Hall–Kier alpha value is -2.71. The van der Waals surface area contributed by atoms with Crippen molar-refractivity contribution in [3.8, 4) is 5.75 Å². The third-order valence-corrected chi connectivity index (χ3v) is 6.48. The number of para-hydroxylation sites is 1. The molecule has 2 aromatic carbocycles. The first-order valence-electron chi connectivity index (χ1n) is 10.1. The van der Waals surface area contributed by atoms with Crippen molar-refractivity contribution in [1.29, 1.82) is 0 Å². The summed E-state index contributed by atoms with van der Waals surface area (Å²) in [6.07, 6.45) is -0.982. The summed E-state index contributed by atoms with van der Waals surface area (Å²) in [5, 5.41) is 4.14. The number of rotatable bonds is 3. The maximum Gasteiger partial charge on any atom is 0.417 e. The number of carbonyl (C=O) groups excluding carboxylic acids is 1. The van der Waals surface area contributed by atoms with Crippen LogP contribution in [0.15, 0.2) is 53.5 Å². The number of thioether (sulfide) groups is 1. The van der Waals surface area contributed by atoms with E-state index in [2.05, 4.69) is 5.32 Å². The Labute approximate surface area is 186 Å². The number of benzene rings is 2. The summed E-state index contributed by atoms with van der Waals surface area (Å²) in [5.41, 5.74) is 2.10. The number of anilines is 2. The van der Waals surface area contributed by atoms with Gasteiger partial charge in [-0.3, -0.25) is 4.99 Å². The predicted octanol–water partition coefficient (Wildman–Crippen LogP) is 4.83. The number of carbonyl (C=O) groups is 1. The van der Waals surface area contributed by atoms with E-state index in [0.717, 1.165) is 27.9 Å². The number of hydrogen-bond donors (Lipinski definition) is 1. The molecule has 0 saturated carbocycles. The number of nitrogens with zero attached hydrogens (tertiary/aromatic N) is 2. The van der Waals surface area contributed by atoms with E-state index in [1.165, 1.54) is 0 Å². The van der Waals surface area contributed by atoms with Gasteiger partial charge in [0.25, 0.3) is 0 Å². The quantitative estimate of drug-likeness (QED) is 0.735. The highest BCUT2D eigenvalue weighted by atomic mass is 32.2. The second-order valence-electron chi connectivity index (χ2n) is 8.42. The number of amides is 1. The minimum Gasteiger partial charge on any atom is -0.497 e. The smallest absolute Gasteiger partial charge is 0.417 e. The second kappa shape index (κ2) is 8.09. The van der Waals surface area contributed by atoms with Crippen LogP contribution in [0, 0.1) is 0 Å². The van der Waals surface area contributed by atoms with Crippen LogP contribution in [0.5, 0.6) is 5.75 Å². The van der Waals surface area contributed by atoms with E-state index < -0.39 is 22.7 Å². The van der Waals surface area contributed by atoms with E-state index in [0.29, 0.717) is 6.54 Å². The largest absolute Gasteiger partial charge is 0.497 e. The molecule has 2 atom stereocenters. The van der Waals surface area contributed by atoms with Crippen LogP contribution < -0.4 is 15.0 Å². The molecule has 2 aliphatic heterocycles. The molecule has 31 heavy (non-hydrogen) atoms. The zero-order chi connectivity index (χ0) is 22.2. The molecule has 1 amide bonds. The highest BCUT2D eigenvalue weighted by Gasteiger charge is 2.57. The van der Waals surface area contributed by atoms with Gasteiger partial charge in [0.2, 0.25) is 0 Å². The first-order valence-corrected chi connectivity index (χ1v) is 10.9. The topological polar surface area (TPSA) is 72.4 Å². The van der Waals surface area contributed by atoms with Crippen molar-refractivity contribution in [1.82, 2.24) is 0 Å². The molecular weight excluding hydrogens is 414 g/mol. The van der Waals surface area contributed by atoms with Crippen LogP contribution in [-0.4, -0.2) is 43.9 Å². The van der Waals surface area contributed by atoms with Crippen LogP contribution in [0.1, 0.15) is 26.3 Å². The van der Waals surface area contributed by atoms with Crippen molar-refractivity contribution in [3.63, 3.8) is 0 Å². The molecule has 1 spiro atoms. The minimum atomic E-state index is -0.611. The molecule has 0 aromatic heterocycles. The molecule has 0 aliphatic carbocycles. The van der Waals surface area contributed by atoms with Gasteiger partial charge >= 0.3 is 6.09 Å². The Kier molecular flexibility index (Phi) is 5.61. The SMILES string of the molecule is COc1ccc(NC2=NC[C@]3(S2)c2ccccc2N(C(=O)OC(C)(C)C)[C@@H]3OC)cc1. The lowest BCUT2D eigenvalue weighted by molar-refractivity contribution is 0.0337. The van der Waals surface area contributed by atoms with Gasteiger partial charge in [0.15, 0.2) is 11.4 Å². The summed E-state index contributed by atoms with van der Waals surface area (Å²) in [6.45, 7) is 6.04. The molecule has 8 heteroatoms. The summed E-state index contributed by atoms with van der Waals surface area (Å²) < 4.78 is 16.2. The van der Waals surface area contributed by atoms with Gasteiger partial charge < -0.3 is 19.5 Å². The summed E-state index contributed by atoms with van der Waals surface area (Å²) in [4.78, 5) is 19.5. The highest BCUT2D eigenvalue weighted by Crippen LogP contribution is 2.55. The molecule has 2 aromatic rings. The Bertz CT molecular complexity index is 1000. The summed E-state index contributed by atoms with van der Waals surface area (Å²) in [5.74, 6) is 0.792. The fourth-order valence-electron chi connectivity index (χ4n) is 3.87. The molecule has 4 rings (SSSR count). The molecule has 0 unspecified atom stereocenters. The number of fused-ring (bicyclic) bond motifs is 2. The third kappa shape index (κ3) is 3.97. The standard InChI is InChI=1S/C23H27N3O4S/c1-22(2,3)30-21(27)26-18-9-7-6-8-17(18)23(19(26)29-5)14-24-20(31-23)25-15-10-12-16(28-4)13-11-15/h6-13,19H,14H2,1-5H3,(H,24,25)/t19-,23+/m1/s1. The lowest BCUT2D eigenvalue weighted by atomic mass is 9.99. The first-order chi connectivity index (χ1) is 14.8. The van der Waals surface area contributed by atoms with Crippen LogP contribution in [0.25, 0.3) is 0 Å². The molecule has 0 fully saturated rings. The lowest BCUT2D eigenvalue weighted by Crippen LogP contribution is -2.49. The molecular formula is C23H27N3O4S. The minimum absolute atomic E-state index is 0.430. The van der Waals surface area contributed by atoms with Gasteiger partial charge in [-0.2, -0.15) is 0 Å². The van der Waals surface area contributed by atoms with Gasteiger partial charge in [0.05, 0.1) is 19.3 Å². The van der Waals surface area contributed by atoms with E-state index in [1.54, 1.807) is 30.9 Å². The van der Waals surface area contributed by atoms with Gasteiger partial charge in [-0.1, -0.05) is 30.0 Å². The Morgan fingerprint density at radius 3 is 2.52 bits per heavy atom. The van der Waals surface area contributed by atoms with E-state index in [4.69, 9.17) is 19.2 Å². The number of amidine groups is 1. The van der Waals surface area contributed by atoms with Crippen molar-refractivity contribution >= 4 is 34.4 Å². The van der Waals surface area contributed by atoms with Gasteiger partial charge in [-0.15, -0.1) is 0 Å². The van der Waals surface area contributed by atoms with Crippen molar-refractivity contribution in [3.05, 3.63) is 54.1 Å². The third-order valence-electron chi connectivity index (χ3n) is 5.14. The van der Waals surface area contributed by atoms with E-state index in [-0.39, 0.29) is 0 Å². The Balaban J connectivity index is 1.62. The van der Waals surface area contributed by atoms with Gasteiger partial charge in [0, 0.05) is 12.8 Å². The molecule has 7 nitrogen and oxygen atoms in total. The van der Waals surface area contributed by atoms with Crippen LogP contribution in [-0.2, 0) is 14.2 Å². The molecule has 0 radical (unpaired) electrons. The van der Waals surface area contributed by atoms with Gasteiger partial charge in [-0.25, -0.2) is 9.69 Å². The summed E-state index contributed by atoms with van der Waals surface area (Å²) >= 11 is 1.57. The van der Waals surface area contributed by atoms with Gasteiger partial charge in [-0.05, 0) is 56.7 Å². The average molecular weight is 442 g/mol. The predicted molar refractivity (Wildman–Crippen MR) is 124 cm³/mol. The van der Waals surface area contributed by atoms with E-state index >= 15 is 0 Å². The van der Waals surface area contributed by atoms with E-state index in [1.807, 2.05) is 69.3 Å². The number of aliphatic imine (C=N–C) groups is 1. The molecule has 2 aliphatic rings. The number of nitrogens with one attached hydrogen (secondary N) is 1. The van der Waals surface area contributed by atoms with Gasteiger partial charge in [0.1, 0.15) is 16.1 Å². The number of ether oxygens (including phenoxy) is 3. The van der Waals surface area contributed by atoms with Crippen molar-refractivity contribution in [2.45, 2.75) is 37.3 Å². The maximum atomic E-state index is 13.1. The first kappa shape index (κ1) is 21.5. The van der Waals surface area contributed by atoms with Crippen molar-refractivity contribution in [2.24, 2.45) is 4.99 Å². The summed E-state index contributed by atoms with van der Waals surface area (Å²) in [6, 6.07) is 15.5. The Morgan fingerprint density at radius 1 is 1.16 bits per heavy atom. The molecule has 164 valence electrons. The maximum absolute atomic E-state index is 13.1. The fourth-order valence-corrected chi connectivity index (χ4v) is 5.23. The van der Waals surface area contributed by atoms with Crippen LogP contribution in [0.3, 0.4) is 0 Å². The van der Waals surface area contributed by atoms with Crippen LogP contribution >= 0.6 is 11.8 Å². The monoisotopic (exact) mass is 441 g/mol. The highest BCUT2D eigenvalue weighted by molar-refractivity contribution is 8.15. The van der Waals surface area contributed by atoms with Crippen molar-refractivity contribution < 1.29 is 19.0 Å². The van der Waals surface area contributed by atoms with Crippen LogP contribution in [0.4, 0.5) is 16.2 Å². The number of methoxy groups -OCH3 is 2. The molecule has 0 saturated heterocycles. The molecule has 2 heterocycles. The molecule has 0 bridgehead atoms. The normalized spacial score (nSPS) is 22.3. The number of hydrogen-bond acceptors (Lipinski definition) is 7. The average Bonchev–Trinajstić information content (AvgIpc) is 3.27. The Morgan fingerprint density at radius 2 is 1.87 bits per heavy atom. The van der Waals surface area contributed by atoms with E-state index in [9.17, 15) is 4.79 Å². The zero-order valence-electron chi connectivity index (χ0n) is 18.3. The second-order valence-corrected chi connectivity index (χ2v) is 9.74. The molecule has 1 N–H and O–H groups in total. The zero-order valence-corrected chi connectivity index (χ0v) is 19.2. The summed E-state index contributed by atoms with van der Waals surface area (Å²) in [7, 11) is 3.26.